The number of hydrogen-bond acceptors (Lipinski definition) is 5. The van der Waals surface area contributed by atoms with Gasteiger partial charge in [0.15, 0.2) is 0 Å². The number of aromatic amines is 2. The molecule has 7 heteroatoms. The first kappa shape index (κ1) is 18.2. The Morgan fingerprint density at radius 1 is 0.867 bits per heavy atom. The van der Waals surface area contributed by atoms with E-state index < -0.39 is 0 Å². The zero-order valence-corrected chi connectivity index (χ0v) is 16.7. The fourth-order valence-electron chi connectivity index (χ4n) is 3.68. The maximum Gasteiger partial charge on any atom is 0.229 e. The Hall–Kier alpha value is -3.84. The minimum absolute atomic E-state index is 0.560. The molecule has 0 spiro atoms. The van der Waals surface area contributed by atoms with Crippen LogP contribution in [0.2, 0.25) is 0 Å². The van der Waals surface area contributed by atoms with Gasteiger partial charge in [-0.2, -0.15) is 4.98 Å². The third kappa shape index (κ3) is 3.70. The van der Waals surface area contributed by atoms with E-state index in [1.807, 2.05) is 25.5 Å². The SMILES string of the molecule is CNCc1cc(Nc2nccc(NCc3ccc4[nH]ccc4c3)n2)c2cc[nH]c2c1. The van der Waals surface area contributed by atoms with Gasteiger partial charge in [-0.05, 0) is 66.0 Å². The van der Waals surface area contributed by atoms with Crippen molar-refractivity contribution in [3.8, 4) is 0 Å². The van der Waals surface area contributed by atoms with Gasteiger partial charge in [0, 0.05) is 48.1 Å². The number of fused-ring (bicyclic) bond motifs is 2. The molecule has 7 nitrogen and oxygen atoms in total. The molecule has 0 unspecified atom stereocenters. The molecule has 5 rings (SSSR count). The summed E-state index contributed by atoms with van der Waals surface area (Å²) in [6.45, 7) is 1.48. The van der Waals surface area contributed by atoms with Gasteiger partial charge < -0.3 is 25.9 Å². The molecule has 0 saturated heterocycles. The Morgan fingerprint density at radius 3 is 2.70 bits per heavy atom. The number of nitrogens with one attached hydrogen (secondary N) is 5. The standard InChI is InChI=1S/C23H23N7/c1-24-13-16-11-20-18(5-8-26-20)21(12-16)29-23-27-9-6-22(30-23)28-14-15-2-3-19-17(10-15)4-7-25-19/h2-12,24-26H,13-14H2,1H3,(H2,27,28,29,30). The third-order valence-electron chi connectivity index (χ3n) is 5.10. The molecule has 2 aromatic carbocycles. The van der Waals surface area contributed by atoms with Crippen molar-refractivity contribution in [1.82, 2.24) is 25.3 Å². The average Bonchev–Trinajstić information content (AvgIpc) is 3.42. The monoisotopic (exact) mass is 397 g/mol. The first-order chi connectivity index (χ1) is 14.8. The zero-order valence-electron chi connectivity index (χ0n) is 16.7. The van der Waals surface area contributed by atoms with E-state index in [1.54, 1.807) is 6.20 Å². The van der Waals surface area contributed by atoms with Crippen LogP contribution in [0.1, 0.15) is 11.1 Å². The van der Waals surface area contributed by atoms with Crippen molar-refractivity contribution in [3.05, 3.63) is 78.2 Å². The van der Waals surface area contributed by atoms with Crippen molar-refractivity contribution >= 4 is 39.3 Å². The fourth-order valence-corrected chi connectivity index (χ4v) is 3.68. The summed E-state index contributed by atoms with van der Waals surface area (Å²) in [5.41, 5.74) is 5.59. The second-order valence-corrected chi connectivity index (χ2v) is 7.26. The van der Waals surface area contributed by atoms with Crippen molar-refractivity contribution in [2.24, 2.45) is 0 Å². The Bertz CT molecular complexity index is 1300. The second kappa shape index (κ2) is 7.88. The van der Waals surface area contributed by atoms with Crippen molar-refractivity contribution in [2.75, 3.05) is 17.7 Å². The van der Waals surface area contributed by atoms with E-state index in [0.717, 1.165) is 34.5 Å². The molecule has 30 heavy (non-hydrogen) atoms. The Balaban J connectivity index is 1.34. The lowest BCUT2D eigenvalue weighted by atomic mass is 10.1. The van der Waals surface area contributed by atoms with Crippen LogP contribution < -0.4 is 16.0 Å². The maximum absolute atomic E-state index is 4.64. The van der Waals surface area contributed by atoms with Crippen LogP contribution in [-0.4, -0.2) is 27.0 Å². The van der Waals surface area contributed by atoms with E-state index in [0.29, 0.717) is 12.5 Å². The van der Waals surface area contributed by atoms with E-state index in [2.05, 4.69) is 78.4 Å². The first-order valence-electron chi connectivity index (χ1n) is 9.93. The van der Waals surface area contributed by atoms with Crippen LogP contribution >= 0.6 is 0 Å². The molecular weight excluding hydrogens is 374 g/mol. The lowest BCUT2D eigenvalue weighted by Crippen LogP contribution is -2.06. The minimum atomic E-state index is 0.560. The Labute approximate surface area is 174 Å². The van der Waals surface area contributed by atoms with Gasteiger partial charge in [-0.15, -0.1) is 0 Å². The highest BCUT2D eigenvalue weighted by Crippen LogP contribution is 2.27. The van der Waals surface area contributed by atoms with Crippen LogP contribution in [0.5, 0.6) is 0 Å². The number of nitrogens with zero attached hydrogens (tertiary/aromatic N) is 2. The minimum Gasteiger partial charge on any atom is -0.366 e. The van der Waals surface area contributed by atoms with E-state index in [-0.39, 0.29) is 0 Å². The largest absolute Gasteiger partial charge is 0.366 e. The molecule has 0 aliphatic carbocycles. The highest BCUT2D eigenvalue weighted by Gasteiger charge is 2.08. The topological polar surface area (TPSA) is 93.5 Å². The average molecular weight is 397 g/mol. The number of rotatable bonds is 7. The lowest BCUT2D eigenvalue weighted by molar-refractivity contribution is 0.819. The van der Waals surface area contributed by atoms with Gasteiger partial charge in [-0.25, -0.2) is 4.98 Å². The summed E-state index contributed by atoms with van der Waals surface area (Å²) in [5.74, 6) is 1.34. The zero-order chi connectivity index (χ0) is 20.3. The van der Waals surface area contributed by atoms with Crippen LogP contribution in [0.3, 0.4) is 0 Å². The number of hydrogen-bond donors (Lipinski definition) is 5. The van der Waals surface area contributed by atoms with Gasteiger partial charge in [0.05, 0.1) is 5.69 Å². The summed E-state index contributed by atoms with van der Waals surface area (Å²) < 4.78 is 0. The predicted octanol–water partition coefficient (Wildman–Crippen LogP) is 4.51. The fraction of sp³-hybridized carbons (Fsp3) is 0.130. The predicted molar refractivity (Wildman–Crippen MR) is 122 cm³/mol. The summed E-state index contributed by atoms with van der Waals surface area (Å²) in [7, 11) is 1.94. The number of anilines is 3. The van der Waals surface area contributed by atoms with Gasteiger partial charge in [-0.1, -0.05) is 6.07 Å². The van der Waals surface area contributed by atoms with Crippen LogP contribution in [0, 0.1) is 0 Å². The molecule has 0 atom stereocenters. The van der Waals surface area contributed by atoms with Crippen LogP contribution in [0.25, 0.3) is 21.8 Å². The van der Waals surface area contributed by atoms with Crippen LogP contribution in [0.4, 0.5) is 17.5 Å². The smallest absolute Gasteiger partial charge is 0.229 e. The van der Waals surface area contributed by atoms with Crippen LogP contribution in [-0.2, 0) is 13.1 Å². The van der Waals surface area contributed by atoms with Gasteiger partial charge in [0.25, 0.3) is 0 Å². The van der Waals surface area contributed by atoms with Crippen molar-refractivity contribution in [1.29, 1.82) is 0 Å². The molecule has 3 aromatic heterocycles. The molecular formula is C23H23N7. The molecule has 0 fully saturated rings. The molecule has 0 saturated carbocycles. The maximum atomic E-state index is 4.64. The highest BCUT2D eigenvalue weighted by atomic mass is 15.1. The molecule has 0 bridgehead atoms. The van der Waals surface area contributed by atoms with E-state index in [4.69, 9.17) is 0 Å². The molecule has 5 aromatic rings. The third-order valence-corrected chi connectivity index (χ3v) is 5.10. The second-order valence-electron chi connectivity index (χ2n) is 7.26. The number of benzene rings is 2. The first-order valence-corrected chi connectivity index (χ1v) is 9.93. The number of H-pyrrole nitrogens is 2. The van der Waals surface area contributed by atoms with Crippen molar-refractivity contribution in [2.45, 2.75) is 13.1 Å². The Kier molecular flexibility index (Phi) is 4.78. The van der Waals surface area contributed by atoms with Crippen LogP contribution in [0.15, 0.2) is 67.1 Å². The van der Waals surface area contributed by atoms with Gasteiger partial charge in [-0.3, -0.25) is 0 Å². The summed E-state index contributed by atoms with van der Waals surface area (Å²) in [5, 5.41) is 12.3. The van der Waals surface area contributed by atoms with Gasteiger partial charge in [0.2, 0.25) is 5.95 Å². The summed E-state index contributed by atoms with van der Waals surface area (Å²) in [6, 6.07) is 16.7. The molecule has 0 aliphatic rings. The van der Waals surface area contributed by atoms with Gasteiger partial charge in [0.1, 0.15) is 5.82 Å². The summed E-state index contributed by atoms with van der Waals surface area (Å²) >= 11 is 0. The normalized spacial score (nSPS) is 11.2. The van der Waals surface area contributed by atoms with Crippen molar-refractivity contribution in [3.63, 3.8) is 0 Å². The highest BCUT2D eigenvalue weighted by molar-refractivity contribution is 5.94. The van der Waals surface area contributed by atoms with E-state index in [1.165, 1.54) is 16.5 Å². The quantitative estimate of drug-likeness (QED) is 0.279. The molecule has 150 valence electrons. The lowest BCUT2D eigenvalue weighted by Gasteiger charge is -2.11. The Morgan fingerprint density at radius 2 is 1.77 bits per heavy atom. The van der Waals surface area contributed by atoms with Crippen molar-refractivity contribution < 1.29 is 0 Å². The summed E-state index contributed by atoms with van der Waals surface area (Å²) in [6.07, 6.45) is 5.66. The molecule has 3 heterocycles. The molecule has 0 amide bonds. The summed E-state index contributed by atoms with van der Waals surface area (Å²) in [4.78, 5) is 15.5. The molecule has 0 aliphatic heterocycles. The molecule has 0 radical (unpaired) electrons. The van der Waals surface area contributed by atoms with E-state index in [9.17, 15) is 0 Å². The van der Waals surface area contributed by atoms with E-state index >= 15 is 0 Å². The van der Waals surface area contributed by atoms with Gasteiger partial charge >= 0.3 is 0 Å². The number of aromatic nitrogens is 4. The molecule has 5 N–H and O–H groups in total.